The van der Waals surface area contributed by atoms with Gasteiger partial charge >= 0.3 is 0 Å². The summed E-state index contributed by atoms with van der Waals surface area (Å²) < 4.78 is 0. The molecule has 0 heterocycles. The van der Waals surface area contributed by atoms with E-state index in [4.69, 9.17) is 11.6 Å². The lowest BCUT2D eigenvalue weighted by Crippen LogP contribution is -2.24. The van der Waals surface area contributed by atoms with Crippen LogP contribution in [0.3, 0.4) is 0 Å². The van der Waals surface area contributed by atoms with Gasteiger partial charge < -0.3 is 4.90 Å². The van der Waals surface area contributed by atoms with Crippen LogP contribution in [-0.4, -0.2) is 25.0 Å². The van der Waals surface area contributed by atoms with E-state index in [9.17, 15) is 0 Å². The van der Waals surface area contributed by atoms with Crippen LogP contribution in [0.5, 0.6) is 0 Å². The Morgan fingerprint density at radius 2 is 1.80 bits per heavy atom. The van der Waals surface area contributed by atoms with E-state index in [1.165, 1.54) is 18.4 Å². The molecule has 0 saturated carbocycles. The van der Waals surface area contributed by atoms with Gasteiger partial charge in [0.15, 0.2) is 0 Å². The Balaban J connectivity index is 2.29. The van der Waals surface area contributed by atoms with Crippen molar-refractivity contribution in [1.82, 2.24) is 4.90 Å². The minimum atomic E-state index is 0.664. The van der Waals surface area contributed by atoms with Crippen molar-refractivity contribution in [2.24, 2.45) is 0 Å². The molecule has 1 atom stereocenters. The van der Waals surface area contributed by atoms with Gasteiger partial charge in [-0.3, -0.25) is 0 Å². The third-order valence-electron chi connectivity index (χ3n) is 2.88. The van der Waals surface area contributed by atoms with Crippen LogP contribution in [-0.2, 0) is 6.42 Å². The number of hydrogen-bond acceptors (Lipinski definition) is 1. The summed E-state index contributed by atoms with van der Waals surface area (Å²) in [5, 5.41) is 0.820. The molecule has 1 unspecified atom stereocenters. The minimum Gasteiger partial charge on any atom is -0.307 e. The van der Waals surface area contributed by atoms with Crippen LogP contribution in [0.4, 0.5) is 0 Å². The molecule has 1 nitrogen and oxygen atoms in total. The maximum Gasteiger partial charge on any atom is 0.0406 e. The molecule has 0 aromatic heterocycles. The highest BCUT2D eigenvalue weighted by atomic mass is 35.5. The molecule has 0 saturated heterocycles. The van der Waals surface area contributed by atoms with E-state index >= 15 is 0 Å². The Bertz CT molecular complexity index is 279. The number of rotatable bonds is 5. The van der Waals surface area contributed by atoms with Crippen molar-refractivity contribution in [3.8, 4) is 0 Å². The molecule has 1 rings (SSSR count). The second-order valence-electron chi connectivity index (χ2n) is 4.33. The van der Waals surface area contributed by atoms with Crippen LogP contribution < -0.4 is 0 Å². The Hall–Kier alpha value is -0.530. The highest BCUT2D eigenvalue weighted by Gasteiger charge is 2.03. The van der Waals surface area contributed by atoms with Crippen LogP contribution in [0.25, 0.3) is 0 Å². The quantitative estimate of drug-likeness (QED) is 0.740. The monoisotopic (exact) mass is 225 g/mol. The second kappa shape index (κ2) is 6.14. The van der Waals surface area contributed by atoms with Gasteiger partial charge in [-0.15, -0.1) is 0 Å². The predicted octanol–water partition coefficient (Wildman–Crippen LogP) is 3.61. The van der Waals surface area contributed by atoms with E-state index < -0.39 is 0 Å². The predicted molar refractivity (Wildman–Crippen MR) is 67.5 cm³/mol. The fraction of sp³-hybridized carbons (Fsp3) is 0.538. The fourth-order valence-electron chi connectivity index (χ4n) is 1.51. The molecule has 1 aromatic carbocycles. The Labute approximate surface area is 98.0 Å². The zero-order valence-electron chi connectivity index (χ0n) is 9.83. The smallest absolute Gasteiger partial charge is 0.0406 e. The normalized spacial score (nSPS) is 13.1. The summed E-state index contributed by atoms with van der Waals surface area (Å²) in [6.07, 6.45) is 3.63. The van der Waals surface area contributed by atoms with Crippen molar-refractivity contribution < 1.29 is 0 Å². The van der Waals surface area contributed by atoms with Crippen molar-refractivity contribution in [2.45, 2.75) is 32.2 Å². The molecule has 0 aliphatic heterocycles. The topological polar surface area (TPSA) is 3.24 Å². The summed E-state index contributed by atoms with van der Waals surface area (Å²) in [5.74, 6) is 0. The number of halogens is 1. The molecule has 0 amide bonds. The largest absolute Gasteiger partial charge is 0.307 e. The molecular weight excluding hydrogens is 206 g/mol. The lowest BCUT2D eigenvalue weighted by atomic mass is 10.1. The molecule has 1 aromatic rings. The molecule has 84 valence electrons. The molecular formula is C13H20ClN. The summed E-state index contributed by atoms with van der Waals surface area (Å²) in [5.41, 5.74) is 1.38. The first-order chi connectivity index (χ1) is 7.09. The molecule has 0 radical (unpaired) electrons. The Morgan fingerprint density at radius 1 is 1.20 bits per heavy atom. The molecule has 0 spiro atoms. The summed E-state index contributed by atoms with van der Waals surface area (Å²) in [7, 11) is 4.26. The first-order valence-corrected chi connectivity index (χ1v) is 5.88. The first kappa shape index (κ1) is 12.5. The van der Waals surface area contributed by atoms with Gasteiger partial charge in [0.25, 0.3) is 0 Å². The third kappa shape index (κ3) is 4.67. The van der Waals surface area contributed by atoms with Gasteiger partial charge in [-0.1, -0.05) is 23.7 Å². The van der Waals surface area contributed by atoms with Gasteiger partial charge in [-0.25, -0.2) is 0 Å². The summed E-state index contributed by atoms with van der Waals surface area (Å²) >= 11 is 5.83. The lowest BCUT2D eigenvalue weighted by molar-refractivity contribution is 0.294. The van der Waals surface area contributed by atoms with E-state index in [1.807, 2.05) is 12.1 Å². The van der Waals surface area contributed by atoms with E-state index in [1.54, 1.807) is 0 Å². The van der Waals surface area contributed by atoms with Crippen molar-refractivity contribution in [1.29, 1.82) is 0 Å². The fourth-order valence-corrected chi connectivity index (χ4v) is 1.64. The second-order valence-corrected chi connectivity index (χ2v) is 4.77. The molecule has 2 heteroatoms. The van der Waals surface area contributed by atoms with Crippen molar-refractivity contribution in [3.63, 3.8) is 0 Å². The van der Waals surface area contributed by atoms with E-state index in [-0.39, 0.29) is 0 Å². The van der Waals surface area contributed by atoms with Gasteiger partial charge in [-0.2, -0.15) is 0 Å². The number of aryl methyl sites for hydroxylation is 1. The van der Waals surface area contributed by atoms with Crippen molar-refractivity contribution in [3.05, 3.63) is 34.9 Å². The van der Waals surface area contributed by atoms with E-state index in [0.29, 0.717) is 6.04 Å². The zero-order valence-corrected chi connectivity index (χ0v) is 10.6. The maximum absolute atomic E-state index is 5.83. The molecule has 0 N–H and O–H groups in total. The number of benzene rings is 1. The summed E-state index contributed by atoms with van der Waals surface area (Å²) in [4.78, 5) is 2.27. The van der Waals surface area contributed by atoms with Gasteiger partial charge in [0, 0.05) is 11.1 Å². The summed E-state index contributed by atoms with van der Waals surface area (Å²) in [6, 6.07) is 8.82. The van der Waals surface area contributed by atoms with E-state index in [0.717, 1.165) is 11.4 Å². The molecule has 0 fully saturated rings. The average Bonchev–Trinajstić information content (AvgIpc) is 2.20. The van der Waals surface area contributed by atoms with E-state index in [2.05, 4.69) is 38.1 Å². The SMILES string of the molecule is CC(CCCc1ccc(Cl)cc1)N(C)C. The minimum absolute atomic E-state index is 0.664. The number of nitrogens with zero attached hydrogens (tertiary/aromatic N) is 1. The van der Waals surface area contributed by atoms with Crippen LogP contribution in [0, 0.1) is 0 Å². The average molecular weight is 226 g/mol. The highest BCUT2D eigenvalue weighted by Crippen LogP contribution is 2.12. The third-order valence-corrected chi connectivity index (χ3v) is 3.13. The first-order valence-electron chi connectivity index (χ1n) is 5.50. The summed E-state index contributed by atoms with van der Waals surface area (Å²) in [6.45, 7) is 2.27. The van der Waals surface area contributed by atoms with Gasteiger partial charge in [0.2, 0.25) is 0 Å². The van der Waals surface area contributed by atoms with Crippen molar-refractivity contribution >= 4 is 11.6 Å². The molecule has 0 aliphatic carbocycles. The van der Waals surface area contributed by atoms with Crippen LogP contribution in [0.1, 0.15) is 25.3 Å². The van der Waals surface area contributed by atoms with Crippen LogP contribution >= 0.6 is 11.6 Å². The maximum atomic E-state index is 5.83. The Kier molecular flexibility index (Phi) is 5.13. The molecule has 0 aliphatic rings. The highest BCUT2D eigenvalue weighted by molar-refractivity contribution is 6.30. The number of hydrogen-bond donors (Lipinski definition) is 0. The molecule has 0 bridgehead atoms. The van der Waals surface area contributed by atoms with Crippen LogP contribution in [0.2, 0.25) is 5.02 Å². The van der Waals surface area contributed by atoms with Crippen LogP contribution in [0.15, 0.2) is 24.3 Å². The van der Waals surface area contributed by atoms with Gasteiger partial charge in [-0.05, 0) is 58.0 Å². The van der Waals surface area contributed by atoms with Gasteiger partial charge in [0.1, 0.15) is 0 Å². The lowest BCUT2D eigenvalue weighted by Gasteiger charge is -2.19. The standard InChI is InChI=1S/C13H20ClN/c1-11(15(2)3)5-4-6-12-7-9-13(14)10-8-12/h7-11H,4-6H2,1-3H3. The zero-order chi connectivity index (χ0) is 11.3. The van der Waals surface area contributed by atoms with Gasteiger partial charge in [0.05, 0.1) is 0 Å². The molecule has 15 heavy (non-hydrogen) atoms. The Morgan fingerprint density at radius 3 is 2.33 bits per heavy atom. The van der Waals surface area contributed by atoms with Crippen molar-refractivity contribution in [2.75, 3.05) is 14.1 Å².